The maximum Gasteiger partial charge on any atom is 0.241 e. The summed E-state index contributed by atoms with van der Waals surface area (Å²) in [5, 5.41) is 9.48. The normalized spacial score (nSPS) is 28.7. The number of hydrogen-bond acceptors (Lipinski definition) is 4. The van der Waals surface area contributed by atoms with Crippen LogP contribution >= 0.6 is 0 Å². The molecule has 7 heteroatoms. The third kappa shape index (κ3) is 4.14. The van der Waals surface area contributed by atoms with Gasteiger partial charge in [0.05, 0.1) is 12.7 Å². The van der Waals surface area contributed by atoms with E-state index >= 15 is 0 Å². The van der Waals surface area contributed by atoms with Gasteiger partial charge in [-0.15, -0.1) is 0 Å². The van der Waals surface area contributed by atoms with Crippen molar-refractivity contribution in [3.63, 3.8) is 0 Å². The number of nitrogens with one attached hydrogen (secondary N) is 3. The number of methoxy groups -OCH3 is 1. The molecule has 1 saturated heterocycles. The predicted molar refractivity (Wildman–Crippen MR) is 89.4 cm³/mol. The molecule has 0 aromatic rings. The van der Waals surface area contributed by atoms with E-state index in [0.29, 0.717) is 37.2 Å². The molecule has 1 heterocycles. The number of hydrogen-bond donors (Lipinski definition) is 3. The molecule has 2 fully saturated rings. The second-order valence-corrected chi connectivity index (χ2v) is 6.73. The molecule has 1 saturated carbocycles. The molecule has 0 aromatic heterocycles. The van der Waals surface area contributed by atoms with E-state index < -0.39 is 0 Å². The van der Waals surface area contributed by atoms with Crippen molar-refractivity contribution in [1.82, 2.24) is 16.0 Å². The summed E-state index contributed by atoms with van der Waals surface area (Å²) >= 11 is 0. The quantitative estimate of drug-likeness (QED) is 0.351. The zero-order valence-corrected chi connectivity index (χ0v) is 14.6. The van der Waals surface area contributed by atoms with Crippen LogP contribution in [0.1, 0.15) is 27.2 Å². The molecule has 132 valence electrons. The molecule has 0 spiro atoms. The second-order valence-electron chi connectivity index (χ2n) is 6.73. The molecule has 23 heavy (non-hydrogen) atoms. The molecule has 3 atom stereocenters. The molecule has 7 nitrogen and oxygen atoms in total. The van der Waals surface area contributed by atoms with E-state index in [-0.39, 0.29) is 17.9 Å². The van der Waals surface area contributed by atoms with E-state index in [2.05, 4.69) is 34.8 Å². The van der Waals surface area contributed by atoms with Gasteiger partial charge in [-0.3, -0.25) is 4.79 Å². The maximum absolute atomic E-state index is 11.8. The average molecular weight is 326 g/mol. The van der Waals surface area contributed by atoms with Crippen LogP contribution in [0.15, 0.2) is 4.99 Å². The van der Waals surface area contributed by atoms with Crippen LogP contribution in [0, 0.1) is 11.3 Å². The number of fused-ring (bicyclic) bond motifs is 1. The summed E-state index contributed by atoms with van der Waals surface area (Å²) in [5.41, 5.74) is 0.0814. The first-order valence-corrected chi connectivity index (χ1v) is 8.42. The lowest BCUT2D eigenvalue weighted by Gasteiger charge is -2.54. The van der Waals surface area contributed by atoms with Crippen molar-refractivity contribution in [1.29, 1.82) is 0 Å². The lowest BCUT2D eigenvalue weighted by atomic mass is 9.57. The summed E-state index contributed by atoms with van der Waals surface area (Å²) in [4.78, 5) is 16.2. The van der Waals surface area contributed by atoms with Crippen molar-refractivity contribution in [2.45, 2.75) is 39.3 Å². The zero-order valence-electron chi connectivity index (χ0n) is 14.6. The van der Waals surface area contributed by atoms with Crippen molar-refractivity contribution in [3.05, 3.63) is 0 Å². The summed E-state index contributed by atoms with van der Waals surface area (Å²) in [5.74, 6) is 1.12. The molecule has 2 rings (SSSR count). The van der Waals surface area contributed by atoms with Gasteiger partial charge in [-0.2, -0.15) is 0 Å². The number of guanidine groups is 1. The van der Waals surface area contributed by atoms with Crippen LogP contribution in [0.4, 0.5) is 0 Å². The van der Waals surface area contributed by atoms with Gasteiger partial charge in [0.2, 0.25) is 5.91 Å². The molecule has 2 aliphatic rings. The van der Waals surface area contributed by atoms with E-state index in [1.807, 2.05) is 6.92 Å². The Morgan fingerprint density at radius 1 is 1.39 bits per heavy atom. The third-order valence-corrected chi connectivity index (χ3v) is 4.75. The molecule has 1 aliphatic heterocycles. The van der Waals surface area contributed by atoms with Crippen LogP contribution in [-0.2, 0) is 14.3 Å². The van der Waals surface area contributed by atoms with Crippen LogP contribution in [0.3, 0.4) is 0 Å². The van der Waals surface area contributed by atoms with Gasteiger partial charge in [0.15, 0.2) is 5.96 Å². The first-order chi connectivity index (χ1) is 11.0. The summed E-state index contributed by atoms with van der Waals surface area (Å²) in [7, 11) is 1.61. The fraction of sp³-hybridized carbons (Fsp3) is 0.875. The summed E-state index contributed by atoms with van der Waals surface area (Å²) in [6.07, 6.45) is 1.42. The van der Waals surface area contributed by atoms with Crippen LogP contribution < -0.4 is 16.0 Å². The first kappa shape index (κ1) is 18.0. The molecule has 0 aromatic carbocycles. The summed E-state index contributed by atoms with van der Waals surface area (Å²) in [6.45, 7) is 9.18. The van der Waals surface area contributed by atoms with Crippen molar-refractivity contribution in [2.24, 2.45) is 16.3 Å². The number of ether oxygens (including phenoxy) is 2. The van der Waals surface area contributed by atoms with Crippen molar-refractivity contribution >= 4 is 11.9 Å². The Bertz CT molecular complexity index is 439. The van der Waals surface area contributed by atoms with Gasteiger partial charge in [0.1, 0.15) is 6.54 Å². The number of amides is 1. The fourth-order valence-electron chi connectivity index (χ4n) is 3.58. The standard InChI is InChI=1S/C16H30N4O3/c1-5-17-15(19-10-12(21)18-7-9-22-4)20-13-11-6-8-23-14(11)16(13,2)3/h11,13-14H,5-10H2,1-4H3,(H,18,21)(H2,17,19,20). The predicted octanol–water partition coefficient (Wildman–Crippen LogP) is 0.118. The number of aliphatic imine (C=N–C) groups is 1. The Kier molecular flexibility index (Phi) is 6.24. The smallest absolute Gasteiger partial charge is 0.241 e. The van der Waals surface area contributed by atoms with Crippen LogP contribution in [-0.4, -0.2) is 64.0 Å². The van der Waals surface area contributed by atoms with Crippen LogP contribution in [0.5, 0.6) is 0 Å². The summed E-state index contributed by atoms with van der Waals surface area (Å²) < 4.78 is 10.7. The van der Waals surface area contributed by atoms with Gasteiger partial charge in [-0.05, 0) is 13.3 Å². The first-order valence-electron chi connectivity index (χ1n) is 8.42. The van der Waals surface area contributed by atoms with Crippen LogP contribution in [0.2, 0.25) is 0 Å². The zero-order chi connectivity index (χ0) is 16.9. The van der Waals surface area contributed by atoms with Gasteiger partial charge >= 0.3 is 0 Å². The van der Waals surface area contributed by atoms with Crippen molar-refractivity contribution in [3.8, 4) is 0 Å². The van der Waals surface area contributed by atoms with E-state index in [4.69, 9.17) is 9.47 Å². The minimum absolute atomic E-state index is 0.0814. The molecule has 3 N–H and O–H groups in total. The third-order valence-electron chi connectivity index (χ3n) is 4.75. The number of carbonyl (C=O) groups is 1. The monoisotopic (exact) mass is 326 g/mol. The molecular weight excluding hydrogens is 296 g/mol. The fourth-order valence-corrected chi connectivity index (χ4v) is 3.58. The highest BCUT2D eigenvalue weighted by Crippen LogP contribution is 2.51. The average Bonchev–Trinajstić information content (AvgIpc) is 2.97. The Hall–Kier alpha value is -1.34. The lowest BCUT2D eigenvalue weighted by molar-refractivity contribution is -0.119. The number of nitrogens with zero attached hydrogens (tertiary/aromatic N) is 1. The van der Waals surface area contributed by atoms with Gasteiger partial charge in [0.25, 0.3) is 0 Å². The molecule has 3 unspecified atom stereocenters. The van der Waals surface area contributed by atoms with Gasteiger partial charge in [-0.25, -0.2) is 4.99 Å². The Morgan fingerprint density at radius 3 is 2.87 bits per heavy atom. The highest BCUT2D eigenvalue weighted by atomic mass is 16.5. The maximum atomic E-state index is 11.8. The minimum atomic E-state index is -0.103. The summed E-state index contributed by atoms with van der Waals surface area (Å²) in [6, 6.07) is 0.323. The highest BCUT2D eigenvalue weighted by Gasteiger charge is 2.59. The van der Waals surface area contributed by atoms with Gasteiger partial charge < -0.3 is 25.4 Å². The second kappa shape index (κ2) is 7.97. The molecule has 1 aliphatic carbocycles. The topological polar surface area (TPSA) is 84.0 Å². The van der Waals surface area contributed by atoms with Gasteiger partial charge in [0, 0.05) is 44.2 Å². The largest absolute Gasteiger partial charge is 0.383 e. The highest BCUT2D eigenvalue weighted by molar-refractivity contribution is 5.85. The SMILES string of the molecule is CCNC(=NCC(=O)NCCOC)NC1C2CCOC2C1(C)C. The Morgan fingerprint density at radius 2 is 2.17 bits per heavy atom. The number of rotatable bonds is 7. The van der Waals surface area contributed by atoms with E-state index in [9.17, 15) is 4.79 Å². The molecule has 0 radical (unpaired) electrons. The molecular formula is C16H30N4O3. The van der Waals surface area contributed by atoms with Crippen molar-refractivity contribution in [2.75, 3.05) is 40.0 Å². The van der Waals surface area contributed by atoms with E-state index in [0.717, 1.165) is 19.6 Å². The Labute approximate surface area is 138 Å². The van der Waals surface area contributed by atoms with Crippen LogP contribution in [0.25, 0.3) is 0 Å². The van der Waals surface area contributed by atoms with E-state index in [1.165, 1.54) is 0 Å². The molecule has 1 amide bonds. The van der Waals surface area contributed by atoms with Crippen molar-refractivity contribution < 1.29 is 14.3 Å². The van der Waals surface area contributed by atoms with E-state index in [1.54, 1.807) is 7.11 Å². The Balaban J connectivity index is 1.88. The molecule has 0 bridgehead atoms. The minimum Gasteiger partial charge on any atom is -0.383 e. The number of carbonyl (C=O) groups excluding carboxylic acids is 1. The van der Waals surface area contributed by atoms with Gasteiger partial charge in [-0.1, -0.05) is 13.8 Å². The lowest BCUT2D eigenvalue weighted by Crippen LogP contribution is -2.68.